The SMILES string of the molecule is CC(CO)OCCOCCOCCOCCCNC(=O)O[C@H]1CC[C@@]2(C)C(=CCC3[C@@H]2CC[C@@]2(C)[C@H]3CC[C@@]2(C)I)C1. The van der Waals surface area contributed by atoms with E-state index in [1.807, 2.05) is 6.92 Å². The molecule has 0 bridgehead atoms. The normalized spacial score (nSPS) is 36.4. The van der Waals surface area contributed by atoms with E-state index in [1.165, 1.54) is 32.1 Å². The Morgan fingerprint density at radius 3 is 2.36 bits per heavy atom. The lowest BCUT2D eigenvalue weighted by Crippen LogP contribution is -2.52. The first kappa shape index (κ1) is 34.4. The summed E-state index contributed by atoms with van der Waals surface area (Å²) in [6.45, 7) is 13.5. The number of allylic oxidation sites excluding steroid dienone is 1. The Labute approximate surface area is 267 Å². The standard InChI is InChI=1S/C33H56INO7/c1-24(23-36)41-21-20-40-19-18-39-17-16-38-15-5-14-35-30(37)42-26-8-11-31(2)25(22-26)6-7-27-28(31)9-12-32(3)29(27)10-13-33(32,4)34/h6,24,26-29,36H,5,7-23H2,1-4H3,(H,35,37)/t24?,26-,27?,28-,29-,31-,32-,33+/m0/s1. The largest absolute Gasteiger partial charge is 0.446 e. The Morgan fingerprint density at radius 2 is 1.64 bits per heavy atom. The van der Waals surface area contributed by atoms with Crippen LogP contribution in [0.15, 0.2) is 11.6 Å². The van der Waals surface area contributed by atoms with Crippen LogP contribution in [0.3, 0.4) is 0 Å². The number of hydrogen-bond acceptors (Lipinski definition) is 7. The number of alkyl halides is 1. The van der Waals surface area contributed by atoms with E-state index >= 15 is 0 Å². The maximum absolute atomic E-state index is 12.5. The summed E-state index contributed by atoms with van der Waals surface area (Å²) in [7, 11) is 0. The number of aliphatic hydroxyl groups is 1. The van der Waals surface area contributed by atoms with Gasteiger partial charge in [-0.3, -0.25) is 0 Å². The monoisotopic (exact) mass is 705 g/mol. The van der Waals surface area contributed by atoms with Gasteiger partial charge in [-0.15, -0.1) is 0 Å². The van der Waals surface area contributed by atoms with Gasteiger partial charge >= 0.3 is 6.09 Å². The Kier molecular flexibility index (Phi) is 12.9. The average Bonchev–Trinajstić information content (AvgIpc) is 3.21. The van der Waals surface area contributed by atoms with Crippen LogP contribution in [0, 0.1) is 28.6 Å². The van der Waals surface area contributed by atoms with E-state index in [0.717, 1.165) is 43.4 Å². The summed E-state index contributed by atoms with van der Waals surface area (Å²) in [4.78, 5) is 12.5. The molecule has 9 heteroatoms. The molecule has 0 radical (unpaired) electrons. The van der Waals surface area contributed by atoms with Crippen LogP contribution in [-0.2, 0) is 23.7 Å². The molecule has 8 nitrogen and oxygen atoms in total. The van der Waals surface area contributed by atoms with Crippen molar-refractivity contribution in [2.75, 3.05) is 59.4 Å². The molecule has 3 saturated carbocycles. The summed E-state index contributed by atoms with van der Waals surface area (Å²) < 4.78 is 28.1. The summed E-state index contributed by atoms with van der Waals surface area (Å²) in [5.74, 6) is 2.44. The van der Waals surface area contributed by atoms with Crippen molar-refractivity contribution in [2.45, 2.75) is 101 Å². The molecule has 242 valence electrons. The van der Waals surface area contributed by atoms with Crippen LogP contribution >= 0.6 is 22.6 Å². The van der Waals surface area contributed by atoms with E-state index < -0.39 is 0 Å². The lowest BCUT2D eigenvalue weighted by Gasteiger charge is -2.59. The van der Waals surface area contributed by atoms with E-state index in [4.69, 9.17) is 28.8 Å². The smallest absolute Gasteiger partial charge is 0.407 e. The fourth-order valence-electron chi connectivity index (χ4n) is 8.40. The van der Waals surface area contributed by atoms with Gasteiger partial charge in [-0.1, -0.05) is 55.0 Å². The molecule has 4 rings (SSSR count). The topological polar surface area (TPSA) is 95.5 Å². The molecule has 0 heterocycles. The molecular weight excluding hydrogens is 649 g/mol. The van der Waals surface area contributed by atoms with Gasteiger partial charge in [-0.25, -0.2) is 4.79 Å². The Bertz CT molecular complexity index is 900. The minimum atomic E-state index is -0.307. The van der Waals surface area contributed by atoms with Crippen molar-refractivity contribution < 1.29 is 33.6 Å². The van der Waals surface area contributed by atoms with E-state index in [9.17, 15) is 4.79 Å². The van der Waals surface area contributed by atoms with Crippen molar-refractivity contribution in [3.63, 3.8) is 0 Å². The lowest BCUT2D eigenvalue weighted by molar-refractivity contribution is -0.0423. The average molecular weight is 706 g/mol. The quantitative estimate of drug-likeness (QED) is 0.0871. The van der Waals surface area contributed by atoms with E-state index in [0.29, 0.717) is 61.6 Å². The van der Waals surface area contributed by atoms with Gasteiger partial charge in [-0.05, 0) is 86.9 Å². The third-order valence-corrected chi connectivity index (χ3v) is 13.0. The van der Waals surface area contributed by atoms with Gasteiger partial charge in [0.2, 0.25) is 0 Å². The zero-order valence-corrected chi connectivity index (χ0v) is 28.6. The second-order valence-electron chi connectivity index (χ2n) is 13.7. The third kappa shape index (κ3) is 8.22. The lowest BCUT2D eigenvalue weighted by atomic mass is 9.47. The third-order valence-electron chi connectivity index (χ3n) is 11.2. The predicted octanol–water partition coefficient (Wildman–Crippen LogP) is 6.08. The first-order chi connectivity index (χ1) is 20.1. The summed E-state index contributed by atoms with van der Waals surface area (Å²) in [6, 6.07) is 0. The number of carbonyl (C=O) groups is 1. The highest BCUT2D eigenvalue weighted by Gasteiger charge is 2.61. The molecule has 8 atom stereocenters. The van der Waals surface area contributed by atoms with Crippen LogP contribution in [0.25, 0.3) is 0 Å². The Morgan fingerprint density at radius 1 is 0.976 bits per heavy atom. The van der Waals surface area contributed by atoms with Crippen molar-refractivity contribution in [3.8, 4) is 0 Å². The zero-order chi connectivity index (χ0) is 30.2. The number of halogens is 1. The molecule has 4 aliphatic carbocycles. The molecule has 1 amide bonds. The minimum Gasteiger partial charge on any atom is -0.446 e. The Balaban J connectivity index is 1.05. The summed E-state index contributed by atoms with van der Waals surface area (Å²) >= 11 is 2.77. The van der Waals surface area contributed by atoms with E-state index in [1.54, 1.807) is 5.57 Å². The van der Waals surface area contributed by atoms with E-state index in [-0.39, 0.29) is 30.3 Å². The predicted molar refractivity (Wildman–Crippen MR) is 172 cm³/mol. The molecule has 2 N–H and O–H groups in total. The number of amides is 1. The molecule has 42 heavy (non-hydrogen) atoms. The summed E-state index contributed by atoms with van der Waals surface area (Å²) in [5.41, 5.74) is 2.29. The second kappa shape index (κ2) is 15.7. The fraction of sp³-hybridized carbons (Fsp3) is 0.909. The maximum atomic E-state index is 12.5. The minimum absolute atomic E-state index is 0.0152. The van der Waals surface area contributed by atoms with Crippen LogP contribution < -0.4 is 5.32 Å². The van der Waals surface area contributed by atoms with Gasteiger partial charge in [0.05, 0.1) is 52.4 Å². The van der Waals surface area contributed by atoms with Gasteiger partial charge in [0.1, 0.15) is 6.10 Å². The first-order valence-corrected chi connectivity index (χ1v) is 17.5. The van der Waals surface area contributed by atoms with Gasteiger partial charge in [0.25, 0.3) is 0 Å². The van der Waals surface area contributed by atoms with E-state index in [2.05, 4.69) is 54.8 Å². The van der Waals surface area contributed by atoms with Crippen molar-refractivity contribution in [1.82, 2.24) is 5.32 Å². The molecule has 0 aromatic heterocycles. The summed E-state index contributed by atoms with van der Waals surface area (Å²) in [5, 5.41) is 11.8. The van der Waals surface area contributed by atoms with Crippen molar-refractivity contribution in [1.29, 1.82) is 0 Å². The number of alkyl carbamates (subject to hydrolysis) is 1. The zero-order valence-electron chi connectivity index (χ0n) is 26.5. The molecule has 4 aliphatic rings. The summed E-state index contributed by atoms with van der Waals surface area (Å²) in [6.07, 6.45) is 12.4. The van der Waals surface area contributed by atoms with Crippen LogP contribution in [0.2, 0.25) is 0 Å². The molecule has 3 fully saturated rings. The maximum Gasteiger partial charge on any atom is 0.407 e. The van der Waals surface area contributed by atoms with Crippen molar-refractivity contribution in [2.24, 2.45) is 28.6 Å². The number of nitrogens with one attached hydrogen (secondary N) is 1. The van der Waals surface area contributed by atoms with Gasteiger partial charge in [0, 0.05) is 23.0 Å². The highest BCUT2D eigenvalue weighted by atomic mass is 127. The molecule has 0 aromatic carbocycles. The molecular formula is C33H56INO7. The number of rotatable bonds is 16. The second-order valence-corrected chi connectivity index (χ2v) is 16.1. The Hall–Kier alpha value is -0.460. The fourth-order valence-corrected chi connectivity index (χ4v) is 9.38. The molecule has 2 unspecified atom stereocenters. The number of carbonyl (C=O) groups excluding carboxylic acids is 1. The van der Waals surface area contributed by atoms with Crippen molar-refractivity contribution >= 4 is 28.7 Å². The first-order valence-electron chi connectivity index (χ1n) is 16.4. The van der Waals surface area contributed by atoms with Crippen molar-refractivity contribution in [3.05, 3.63) is 11.6 Å². The highest BCUT2D eigenvalue weighted by Crippen LogP contribution is 2.68. The van der Waals surface area contributed by atoms with Crippen LogP contribution in [-0.4, -0.2) is 86.2 Å². The van der Waals surface area contributed by atoms with Crippen LogP contribution in [0.4, 0.5) is 4.79 Å². The molecule has 0 aromatic rings. The molecule has 0 saturated heterocycles. The van der Waals surface area contributed by atoms with Crippen LogP contribution in [0.1, 0.15) is 85.5 Å². The van der Waals surface area contributed by atoms with Crippen LogP contribution in [0.5, 0.6) is 0 Å². The number of fused-ring (bicyclic) bond motifs is 5. The molecule has 0 aliphatic heterocycles. The highest BCUT2D eigenvalue weighted by molar-refractivity contribution is 14.1. The number of aliphatic hydroxyl groups excluding tert-OH is 1. The molecule has 0 spiro atoms. The van der Waals surface area contributed by atoms with Gasteiger partial charge < -0.3 is 34.1 Å². The van der Waals surface area contributed by atoms with Gasteiger partial charge in [-0.2, -0.15) is 0 Å². The number of ether oxygens (including phenoxy) is 5. The number of hydrogen-bond donors (Lipinski definition) is 2. The van der Waals surface area contributed by atoms with Gasteiger partial charge in [0.15, 0.2) is 0 Å².